The molecule has 1 aliphatic heterocycles. The van der Waals surface area contributed by atoms with Crippen molar-refractivity contribution in [3.8, 4) is 17.2 Å². The van der Waals surface area contributed by atoms with E-state index in [1.165, 1.54) is 4.90 Å². The minimum absolute atomic E-state index is 0.00324. The average molecular weight is 502 g/mol. The average Bonchev–Trinajstić information content (AvgIpc) is 3.15. The van der Waals surface area contributed by atoms with E-state index in [4.69, 9.17) is 14.2 Å². The number of carbonyl (C=O) groups is 2. The summed E-state index contributed by atoms with van der Waals surface area (Å²) in [5.74, 6) is 0.156. The van der Waals surface area contributed by atoms with Gasteiger partial charge in [-0.05, 0) is 93.9 Å². The SMILES string of the molecule is CCOc1ccc(N2C(=O)C(=O)/C(=C(\O)c3ccc(OC(C)C)cc3)C2c2cccc(OCC)c2)cc1. The van der Waals surface area contributed by atoms with Crippen LogP contribution in [0.2, 0.25) is 0 Å². The van der Waals surface area contributed by atoms with E-state index in [1.807, 2.05) is 39.8 Å². The molecule has 0 saturated carbocycles. The minimum Gasteiger partial charge on any atom is -0.507 e. The van der Waals surface area contributed by atoms with Crippen LogP contribution in [0.5, 0.6) is 17.2 Å². The molecule has 0 aromatic heterocycles. The van der Waals surface area contributed by atoms with Crippen LogP contribution in [0.1, 0.15) is 44.9 Å². The van der Waals surface area contributed by atoms with Gasteiger partial charge in [0.25, 0.3) is 11.7 Å². The second-order valence-electron chi connectivity index (χ2n) is 8.79. The number of ether oxygens (including phenoxy) is 3. The van der Waals surface area contributed by atoms with Gasteiger partial charge in [0.1, 0.15) is 23.0 Å². The van der Waals surface area contributed by atoms with Crippen LogP contribution >= 0.6 is 0 Å². The lowest BCUT2D eigenvalue weighted by atomic mass is 9.95. The van der Waals surface area contributed by atoms with Crippen LogP contribution in [-0.2, 0) is 9.59 Å². The van der Waals surface area contributed by atoms with Crippen LogP contribution < -0.4 is 19.1 Å². The normalized spacial score (nSPS) is 16.8. The van der Waals surface area contributed by atoms with Crippen molar-refractivity contribution >= 4 is 23.1 Å². The first-order valence-electron chi connectivity index (χ1n) is 12.4. The van der Waals surface area contributed by atoms with Crippen molar-refractivity contribution in [2.75, 3.05) is 18.1 Å². The van der Waals surface area contributed by atoms with Crippen molar-refractivity contribution in [1.82, 2.24) is 0 Å². The Kier molecular flexibility index (Phi) is 7.82. The molecule has 0 aliphatic carbocycles. The molecule has 7 heteroatoms. The van der Waals surface area contributed by atoms with Gasteiger partial charge < -0.3 is 19.3 Å². The van der Waals surface area contributed by atoms with Gasteiger partial charge in [-0.15, -0.1) is 0 Å². The number of anilines is 1. The summed E-state index contributed by atoms with van der Waals surface area (Å²) in [5, 5.41) is 11.4. The highest BCUT2D eigenvalue weighted by Crippen LogP contribution is 2.43. The molecule has 1 saturated heterocycles. The molecule has 1 heterocycles. The first-order valence-corrected chi connectivity index (χ1v) is 12.4. The molecule has 192 valence electrons. The predicted molar refractivity (Wildman–Crippen MR) is 142 cm³/mol. The molecule has 7 nitrogen and oxygen atoms in total. The highest BCUT2D eigenvalue weighted by molar-refractivity contribution is 6.51. The molecular formula is C30H31NO6. The summed E-state index contributed by atoms with van der Waals surface area (Å²) >= 11 is 0. The first kappa shape index (κ1) is 25.8. The molecule has 1 atom stereocenters. The van der Waals surface area contributed by atoms with E-state index in [9.17, 15) is 14.7 Å². The second kappa shape index (κ2) is 11.2. The molecule has 37 heavy (non-hydrogen) atoms. The van der Waals surface area contributed by atoms with Crippen LogP contribution in [0, 0.1) is 0 Å². The van der Waals surface area contributed by atoms with Crippen LogP contribution in [0.25, 0.3) is 5.76 Å². The van der Waals surface area contributed by atoms with E-state index in [0.717, 1.165) is 0 Å². The molecule has 1 aliphatic rings. The molecule has 3 aromatic rings. The van der Waals surface area contributed by atoms with Gasteiger partial charge in [0.2, 0.25) is 0 Å². The smallest absolute Gasteiger partial charge is 0.300 e. The van der Waals surface area contributed by atoms with Gasteiger partial charge in [-0.1, -0.05) is 12.1 Å². The summed E-state index contributed by atoms with van der Waals surface area (Å²) in [4.78, 5) is 28.2. The molecule has 0 radical (unpaired) electrons. The monoisotopic (exact) mass is 501 g/mol. The van der Waals surface area contributed by atoms with Crippen LogP contribution in [0.3, 0.4) is 0 Å². The molecule has 1 fully saturated rings. The maximum Gasteiger partial charge on any atom is 0.300 e. The quantitative estimate of drug-likeness (QED) is 0.223. The molecule has 0 spiro atoms. The fourth-order valence-electron chi connectivity index (χ4n) is 4.34. The summed E-state index contributed by atoms with van der Waals surface area (Å²) in [6, 6.07) is 20.1. The standard InChI is InChI=1S/C30H31NO6/c1-5-35-23-16-12-22(13-17-23)31-27(21-8-7-9-25(18-21)36-6-2)26(29(33)30(31)34)28(32)20-10-14-24(15-11-20)37-19(3)4/h7-19,27,32H,5-6H2,1-4H3/b28-26-. The minimum atomic E-state index is -0.857. The number of carbonyl (C=O) groups excluding carboxylic acids is 2. The van der Waals surface area contributed by atoms with E-state index >= 15 is 0 Å². The van der Waals surface area contributed by atoms with Gasteiger partial charge in [-0.25, -0.2) is 0 Å². The third-order valence-electron chi connectivity index (χ3n) is 5.85. The van der Waals surface area contributed by atoms with Crippen molar-refractivity contribution in [3.05, 3.63) is 89.5 Å². The Morgan fingerprint density at radius 1 is 0.865 bits per heavy atom. The number of hydrogen-bond donors (Lipinski definition) is 1. The summed E-state index contributed by atoms with van der Waals surface area (Å²) < 4.78 is 16.9. The van der Waals surface area contributed by atoms with Crippen LogP contribution in [0.4, 0.5) is 5.69 Å². The maximum absolute atomic E-state index is 13.4. The zero-order valence-electron chi connectivity index (χ0n) is 21.4. The summed E-state index contributed by atoms with van der Waals surface area (Å²) in [7, 11) is 0. The molecule has 1 amide bonds. The highest BCUT2D eigenvalue weighted by Gasteiger charge is 2.47. The molecular weight excluding hydrogens is 470 g/mol. The number of ketones is 1. The number of Topliss-reactive ketones (excluding diaryl/α,β-unsaturated/α-hetero) is 1. The number of hydrogen-bond acceptors (Lipinski definition) is 6. The third kappa shape index (κ3) is 5.45. The molecule has 0 bridgehead atoms. The highest BCUT2D eigenvalue weighted by atomic mass is 16.5. The van der Waals surface area contributed by atoms with Gasteiger partial charge in [0.05, 0.1) is 30.9 Å². The lowest BCUT2D eigenvalue weighted by Gasteiger charge is -2.26. The summed E-state index contributed by atoms with van der Waals surface area (Å²) in [5.41, 5.74) is 1.56. The summed E-state index contributed by atoms with van der Waals surface area (Å²) in [6.45, 7) is 8.59. The number of nitrogens with zero attached hydrogens (tertiary/aromatic N) is 1. The van der Waals surface area contributed by atoms with Crippen LogP contribution in [0.15, 0.2) is 78.4 Å². The Balaban J connectivity index is 1.84. The van der Waals surface area contributed by atoms with Gasteiger partial charge in [-0.2, -0.15) is 0 Å². The van der Waals surface area contributed by atoms with Gasteiger partial charge in [-0.3, -0.25) is 14.5 Å². The molecule has 1 N–H and O–H groups in total. The van der Waals surface area contributed by atoms with E-state index < -0.39 is 17.7 Å². The maximum atomic E-state index is 13.4. The Morgan fingerprint density at radius 2 is 1.49 bits per heavy atom. The number of benzene rings is 3. The Bertz CT molecular complexity index is 1290. The van der Waals surface area contributed by atoms with E-state index in [0.29, 0.717) is 47.3 Å². The second-order valence-corrected chi connectivity index (χ2v) is 8.79. The lowest BCUT2D eigenvalue weighted by molar-refractivity contribution is -0.132. The third-order valence-corrected chi connectivity index (χ3v) is 5.85. The molecule has 3 aromatic carbocycles. The molecule has 1 unspecified atom stereocenters. The van der Waals surface area contributed by atoms with Crippen molar-refractivity contribution < 1.29 is 28.9 Å². The number of aliphatic hydroxyl groups is 1. The summed E-state index contributed by atoms with van der Waals surface area (Å²) in [6.07, 6.45) is -0.00324. The van der Waals surface area contributed by atoms with E-state index in [2.05, 4.69) is 0 Å². The lowest BCUT2D eigenvalue weighted by Crippen LogP contribution is -2.29. The first-order chi connectivity index (χ1) is 17.8. The van der Waals surface area contributed by atoms with Crippen LogP contribution in [-0.4, -0.2) is 36.1 Å². The zero-order chi connectivity index (χ0) is 26.5. The molecule has 4 rings (SSSR count). The van der Waals surface area contributed by atoms with E-state index in [-0.39, 0.29) is 17.4 Å². The zero-order valence-corrected chi connectivity index (χ0v) is 21.4. The Hall–Kier alpha value is -4.26. The van der Waals surface area contributed by atoms with Crippen molar-refractivity contribution in [1.29, 1.82) is 0 Å². The predicted octanol–water partition coefficient (Wildman–Crippen LogP) is 5.90. The fraction of sp³-hybridized carbons (Fsp3) is 0.267. The van der Waals surface area contributed by atoms with Gasteiger partial charge in [0, 0.05) is 11.3 Å². The Labute approximate surface area is 216 Å². The van der Waals surface area contributed by atoms with Crippen molar-refractivity contribution in [2.24, 2.45) is 0 Å². The Morgan fingerprint density at radius 3 is 2.11 bits per heavy atom. The van der Waals surface area contributed by atoms with Crippen molar-refractivity contribution in [3.63, 3.8) is 0 Å². The van der Waals surface area contributed by atoms with Gasteiger partial charge in [0.15, 0.2) is 0 Å². The fourth-order valence-corrected chi connectivity index (χ4v) is 4.34. The number of rotatable bonds is 9. The number of amides is 1. The largest absolute Gasteiger partial charge is 0.507 e. The van der Waals surface area contributed by atoms with Crippen molar-refractivity contribution in [2.45, 2.75) is 39.8 Å². The number of aliphatic hydroxyl groups excluding tert-OH is 1. The topological polar surface area (TPSA) is 85.3 Å². The van der Waals surface area contributed by atoms with E-state index in [1.54, 1.807) is 60.7 Å². The van der Waals surface area contributed by atoms with Gasteiger partial charge >= 0.3 is 0 Å².